The number of rotatable bonds is 3. The maximum atomic E-state index is 4.79. The zero-order valence-corrected chi connectivity index (χ0v) is 13.7. The SMILES string of the molecule is CCNc1nnc2n1-c1ccc(C)nc1C(c1ccccc1)=NC2. The van der Waals surface area contributed by atoms with Gasteiger partial charge in [-0.25, -0.2) is 4.98 Å². The molecule has 4 rings (SSSR count). The van der Waals surface area contributed by atoms with Gasteiger partial charge in [0.25, 0.3) is 0 Å². The Morgan fingerprint density at radius 2 is 1.92 bits per heavy atom. The molecular formula is C18H18N6. The van der Waals surface area contributed by atoms with E-state index in [1.807, 2.05) is 42.7 Å². The van der Waals surface area contributed by atoms with Crippen LogP contribution in [0, 0.1) is 6.92 Å². The van der Waals surface area contributed by atoms with Crippen LogP contribution in [-0.4, -0.2) is 32.0 Å². The van der Waals surface area contributed by atoms with Crippen molar-refractivity contribution in [2.45, 2.75) is 20.4 Å². The zero-order chi connectivity index (χ0) is 16.5. The summed E-state index contributed by atoms with van der Waals surface area (Å²) in [6.45, 7) is 5.28. The summed E-state index contributed by atoms with van der Waals surface area (Å²) >= 11 is 0. The molecule has 1 aliphatic rings. The molecule has 0 amide bonds. The van der Waals surface area contributed by atoms with Crippen molar-refractivity contribution in [3.8, 4) is 5.69 Å². The normalized spacial score (nSPS) is 12.8. The van der Waals surface area contributed by atoms with Gasteiger partial charge in [0.15, 0.2) is 5.82 Å². The molecule has 0 spiro atoms. The number of aliphatic imine (C=N–C) groups is 1. The Morgan fingerprint density at radius 1 is 1.08 bits per heavy atom. The number of aromatic nitrogens is 4. The van der Waals surface area contributed by atoms with E-state index in [9.17, 15) is 0 Å². The second-order valence-corrected chi connectivity index (χ2v) is 5.66. The van der Waals surface area contributed by atoms with Crippen molar-refractivity contribution >= 4 is 11.7 Å². The predicted molar refractivity (Wildman–Crippen MR) is 93.8 cm³/mol. The van der Waals surface area contributed by atoms with Crippen molar-refractivity contribution < 1.29 is 0 Å². The number of aryl methyl sites for hydroxylation is 1. The fourth-order valence-corrected chi connectivity index (χ4v) is 2.90. The fraction of sp³-hybridized carbons (Fsp3) is 0.222. The number of fused-ring (bicyclic) bond motifs is 3. The van der Waals surface area contributed by atoms with Crippen LogP contribution in [-0.2, 0) is 6.54 Å². The van der Waals surface area contributed by atoms with Gasteiger partial charge in [0, 0.05) is 17.8 Å². The summed E-state index contributed by atoms with van der Waals surface area (Å²) in [7, 11) is 0. The van der Waals surface area contributed by atoms with Gasteiger partial charge in [-0.3, -0.25) is 9.56 Å². The highest BCUT2D eigenvalue weighted by molar-refractivity contribution is 6.14. The van der Waals surface area contributed by atoms with Gasteiger partial charge in [-0.15, -0.1) is 10.2 Å². The average Bonchev–Trinajstić information content (AvgIpc) is 2.92. The summed E-state index contributed by atoms with van der Waals surface area (Å²) in [6.07, 6.45) is 0. The molecule has 0 radical (unpaired) electrons. The molecule has 1 aromatic carbocycles. The van der Waals surface area contributed by atoms with Gasteiger partial charge in [0.2, 0.25) is 5.95 Å². The Balaban J connectivity index is 1.96. The number of hydrogen-bond acceptors (Lipinski definition) is 5. The first-order chi connectivity index (χ1) is 11.8. The van der Waals surface area contributed by atoms with Gasteiger partial charge in [-0.2, -0.15) is 0 Å². The number of nitrogens with zero attached hydrogens (tertiary/aromatic N) is 5. The van der Waals surface area contributed by atoms with E-state index in [1.54, 1.807) is 0 Å². The van der Waals surface area contributed by atoms with Gasteiger partial charge >= 0.3 is 0 Å². The van der Waals surface area contributed by atoms with Gasteiger partial charge in [0.1, 0.15) is 12.2 Å². The van der Waals surface area contributed by atoms with E-state index < -0.39 is 0 Å². The second-order valence-electron chi connectivity index (χ2n) is 5.66. The molecule has 1 aliphatic heterocycles. The Hall–Kier alpha value is -3.02. The van der Waals surface area contributed by atoms with E-state index in [0.717, 1.165) is 46.7 Å². The van der Waals surface area contributed by atoms with Crippen molar-refractivity contribution in [1.29, 1.82) is 0 Å². The van der Waals surface area contributed by atoms with Crippen LogP contribution in [0.3, 0.4) is 0 Å². The lowest BCUT2D eigenvalue weighted by molar-refractivity contribution is 0.868. The summed E-state index contributed by atoms with van der Waals surface area (Å²) in [4.78, 5) is 9.57. The first-order valence-corrected chi connectivity index (χ1v) is 8.04. The fourth-order valence-electron chi connectivity index (χ4n) is 2.90. The first-order valence-electron chi connectivity index (χ1n) is 8.04. The van der Waals surface area contributed by atoms with Gasteiger partial charge in [-0.1, -0.05) is 30.3 Å². The molecule has 1 N–H and O–H groups in total. The van der Waals surface area contributed by atoms with Crippen LogP contribution in [0.4, 0.5) is 5.95 Å². The van der Waals surface area contributed by atoms with E-state index in [2.05, 4.69) is 33.7 Å². The quantitative estimate of drug-likeness (QED) is 0.806. The average molecular weight is 318 g/mol. The summed E-state index contributed by atoms with van der Waals surface area (Å²) in [5, 5.41) is 11.8. The largest absolute Gasteiger partial charge is 0.354 e. The van der Waals surface area contributed by atoms with Crippen LogP contribution in [0.5, 0.6) is 0 Å². The molecular weight excluding hydrogens is 300 g/mol. The number of anilines is 1. The smallest absolute Gasteiger partial charge is 0.229 e. The predicted octanol–water partition coefficient (Wildman–Crippen LogP) is 2.75. The molecule has 0 saturated carbocycles. The van der Waals surface area contributed by atoms with Crippen molar-refractivity contribution in [3.63, 3.8) is 0 Å². The second kappa shape index (κ2) is 5.88. The van der Waals surface area contributed by atoms with Crippen LogP contribution in [0.2, 0.25) is 0 Å². The summed E-state index contributed by atoms with van der Waals surface area (Å²) in [6, 6.07) is 14.2. The minimum atomic E-state index is 0.470. The number of benzene rings is 1. The lowest BCUT2D eigenvalue weighted by atomic mass is 10.1. The van der Waals surface area contributed by atoms with Crippen molar-refractivity contribution in [1.82, 2.24) is 19.7 Å². The molecule has 0 saturated heterocycles. The molecule has 3 aromatic rings. The molecule has 6 nitrogen and oxygen atoms in total. The lowest BCUT2D eigenvalue weighted by Gasteiger charge is -2.13. The number of pyridine rings is 1. The zero-order valence-electron chi connectivity index (χ0n) is 13.7. The number of nitrogens with one attached hydrogen (secondary N) is 1. The highest BCUT2D eigenvalue weighted by atomic mass is 15.4. The summed E-state index contributed by atoms with van der Waals surface area (Å²) in [5.74, 6) is 1.53. The Kier molecular flexibility index (Phi) is 3.57. The minimum Gasteiger partial charge on any atom is -0.354 e. The van der Waals surface area contributed by atoms with Gasteiger partial charge < -0.3 is 5.32 Å². The monoisotopic (exact) mass is 318 g/mol. The van der Waals surface area contributed by atoms with Crippen LogP contribution in [0.1, 0.15) is 29.7 Å². The third kappa shape index (κ3) is 2.36. The van der Waals surface area contributed by atoms with Crippen molar-refractivity contribution in [3.05, 3.63) is 65.2 Å². The van der Waals surface area contributed by atoms with Crippen LogP contribution in [0.25, 0.3) is 5.69 Å². The third-order valence-electron chi connectivity index (χ3n) is 3.97. The molecule has 120 valence electrons. The highest BCUT2D eigenvalue weighted by Gasteiger charge is 2.23. The minimum absolute atomic E-state index is 0.470. The third-order valence-corrected chi connectivity index (χ3v) is 3.97. The Morgan fingerprint density at radius 3 is 2.71 bits per heavy atom. The van der Waals surface area contributed by atoms with Crippen LogP contribution < -0.4 is 5.32 Å². The van der Waals surface area contributed by atoms with Crippen LogP contribution >= 0.6 is 0 Å². The van der Waals surface area contributed by atoms with E-state index in [0.29, 0.717) is 6.54 Å². The molecule has 0 bridgehead atoms. The molecule has 0 atom stereocenters. The molecule has 6 heteroatoms. The van der Waals surface area contributed by atoms with Crippen molar-refractivity contribution in [2.75, 3.05) is 11.9 Å². The van der Waals surface area contributed by atoms with Crippen LogP contribution in [0.15, 0.2) is 47.5 Å². The molecule has 24 heavy (non-hydrogen) atoms. The maximum Gasteiger partial charge on any atom is 0.229 e. The maximum absolute atomic E-state index is 4.79. The summed E-state index contributed by atoms with van der Waals surface area (Å²) < 4.78 is 2.02. The van der Waals surface area contributed by atoms with E-state index >= 15 is 0 Å². The summed E-state index contributed by atoms with van der Waals surface area (Å²) in [5.41, 5.74) is 4.72. The molecule has 0 unspecified atom stereocenters. The van der Waals surface area contributed by atoms with Gasteiger partial charge in [-0.05, 0) is 26.0 Å². The van der Waals surface area contributed by atoms with Gasteiger partial charge in [0.05, 0.1) is 11.4 Å². The topological polar surface area (TPSA) is 68.0 Å². The molecule has 2 aromatic heterocycles. The standard InChI is InChI=1S/C18H18N6/c1-3-19-18-23-22-15-11-20-16(13-7-5-4-6-8-13)17-14(24(15)18)10-9-12(2)21-17/h4-10H,3,11H2,1-2H3,(H,19,23). The van der Waals surface area contributed by atoms with E-state index in [1.165, 1.54) is 0 Å². The number of hydrogen-bond donors (Lipinski definition) is 1. The molecule has 3 heterocycles. The Bertz CT molecular complexity index is 911. The van der Waals surface area contributed by atoms with E-state index in [4.69, 9.17) is 9.98 Å². The lowest BCUT2D eigenvalue weighted by Crippen LogP contribution is -2.13. The first kappa shape index (κ1) is 14.6. The molecule has 0 aliphatic carbocycles. The van der Waals surface area contributed by atoms with Crippen molar-refractivity contribution in [2.24, 2.45) is 4.99 Å². The van der Waals surface area contributed by atoms with E-state index in [-0.39, 0.29) is 0 Å². The Labute approximate surface area is 140 Å². The molecule has 0 fully saturated rings. The highest BCUT2D eigenvalue weighted by Crippen LogP contribution is 2.26.